The highest BCUT2D eigenvalue weighted by Gasteiger charge is 2.30. The molecule has 0 atom stereocenters. The van der Waals surface area contributed by atoms with Crippen LogP contribution >= 0.6 is 24.8 Å². The molecule has 1 aromatic rings. The molecule has 0 bridgehead atoms. The summed E-state index contributed by atoms with van der Waals surface area (Å²) in [5.74, 6) is 0.0477. The SMILES string of the molecule is Cc1cccc(NC2CCN(C(=O)C(C)(C)N)CC2)c1.Cl.Cl. The molecule has 1 saturated heterocycles. The number of hydrogen-bond acceptors (Lipinski definition) is 3. The second kappa shape index (κ2) is 8.61. The van der Waals surface area contributed by atoms with E-state index in [2.05, 4.69) is 36.5 Å². The van der Waals surface area contributed by atoms with E-state index in [9.17, 15) is 4.79 Å². The zero-order valence-corrected chi connectivity index (χ0v) is 15.1. The third-order valence-electron chi connectivity index (χ3n) is 3.72. The number of aryl methyl sites for hydroxylation is 1. The Morgan fingerprint density at radius 1 is 1.27 bits per heavy atom. The van der Waals surface area contributed by atoms with Gasteiger partial charge in [0.15, 0.2) is 0 Å². The van der Waals surface area contributed by atoms with Crippen molar-refractivity contribution in [1.82, 2.24) is 4.90 Å². The van der Waals surface area contributed by atoms with Crippen molar-refractivity contribution in [2.45, 2.75) is 45.2 Å². The Morgan fingerprint density at radius 2 is 1.86 bits per heavy atom. The fraction of sp³-hybridized carbons (Fsp3) is 0.562. The normalized spacial score (nSPS) is 15.5. The predicted molar refractivity (Wildman–Crippen MR) is 97.2 cm³/mol. The maximum absolute atomic E-state index is 12.1. The highest BCUT2D eigenvalue weighted by molar-refractivity contribution is 5.86. The van der Waals surface area contributed by atoms with Crippen molar-refractivity contribution in [2.75, 3.05) is 18.4 Å². The number of piperidine rings is 1. The lowest BCUT2D eigenvalue weighted by Gasteiger charge is -2.36. The number of halogens is 2. The van der Waals surface area contributed by atoms with Crippen LogP contribution in [0.1, 0.15) is 32.3 Å². The van der Waals surface area contributed by atoms with E-state index in [-0.39, 0.29) is 30.7 Å². The third-order valence-corrected chi connectivity index (χ3v) is 3.72. The summed E-state index contributed by atoms with van der Waals surface area (Å²) in [6.07, 6.45) is 1.94. The number of likely N-dealkylation sites (tertiary alicyclic amines) is 1. The van der Waals surface area contributed by atoms with Gasteiger partial charge in [-0.25, -0.2) is 0 Å². The Bertz CT molecular complexity index is 481. The topological polar surface area (TPSA) is 58.4 Å². The molecule has 2 rings (SSSR count). The van der Waals surface area contributed by atoms with E-state index in [0.29, 0.717) is 6.04 Å². The summed E-state index contributed by atoms with van der Waals surface area (Å²) in [6.45, 7) is 7.19. The summed E-state index contributed by atoms with van der Waals surface area (Å²) in [6, 6.07) is 8.83. The minimum atomic E-state index is -0.767. The minimum absolute atomic E-state index is 0. The number of rotatable bonds is 3. The van der Waals surface area contributed by atoms with Gasteiger partial charge >= 0.3 is 0 Å². The molecule has 4 nitrogen and oxygen atoms in total. The molecule has 0 spiro atoms. The molecular formula is C16H27Cl2N3O. The highest BCUT2D eigenvalue weighted by atomic mass is 35.5. The largest absolute Gasteiger partial charge is 0.382 e. The standard InChI is InChI=1S/C16H25N3O.2ClH/c1-12-5-4-6-14(11-12)18-13-7-9-19(10-8-13)15(20)16(2,3)17;;/h4-6,11,13,18H,7-10,17H2,1-3H3;2*1H. The number of benzene rings is 1. The van der Waals surface area contributed by atoms with E-state index < -0.39 is 5.54 Å². The van der Waals surface area contributed by atoms with Gasteiger partial charge in [-0.3, -0.25) is 4.79 Å². The molecular weight excluding hydrogens is 321 g/mol. The zero-order chi connectivity index (χ0) is 14.8. The summed E-state index contributed by atoms with van der Waals surface area (Å²) >= 11 is 0. The van der Waals surface area contributed by atoms with Crippen LogP contribution in [-0.4, -0.2) is 35.5 Å². The molecule has 1 fully saturated rings. The van der Waals surface area contributed by atoms with E-state index in [4.69, 9.17) is 5.73 Å². The zero-order valence-electron chi connectivity index (χ0n) is 13.5. The Morgan fingerprint density at radius 3 is 2.36 bits per heavy atom. The molecule has 1 aliphatic rings. The van der Waals surface area contributed by atoms with Gasteiger partial charge < -0.3 is 16.0 Å². The van der Waals surface area contributed by atoms with Crippen molar-refractivity contribution in [3.05, 3.63) is 29.8 Å². The van der Waals surface area contributed by atoms with E-state index in [1.807, 2.05) is 4.90 Å². The molecule has 0 unspecified atom stereocenters. The van der Waals surface area contributed by atoms with Crippen molar-refractivity contribution in [3.63, 3.8) is 0 Å². The van der Waals surface area contributed by atoms with Gasteiger partial charge in [-0.05, 0) is 51.3 Å². The maximum Gasteiger partial charge on any atom is 0.242 e. The van der Waals surface area contributed by atoms with E-state index in [1.54, 1.807) is 13.8 Å². The predicted octanol–water partition coefficient (Wildman–Crippen LogP) is 2.98. The van der Waals surface area contributed by atoms with Crippen LogP contribution in [0, 0.1) is 6.92 Å². The van der Waals surface area contributed by atoms with Gasteiger partial charge in [-0.1, -0.05) is 12.1 Å². The average molecular weight is 348 g/mol. The lowest BCUT2D eigenvalue weighted by molar-refractivity contribution is -0.136. The van der Waals surface area contributed by atoms with E-state index in [1.165, 1.54) is 5.56 Å². The number of nitrogens with one attached hydrogen (secondary N) is 1. The van der Waals surface area contributed by atoms with Gasteiger partial charge in [0.05, 0.1) is 5.54 Å². The second-order valence-corrected chi connectivity index (χ2v) is 6.30. The van der Waals surface area contributed by atoms with Crippen LogP contribution in [0.25, 0.3) is 0 Å². The van der Waals surface area contributed by atoms with Gasteiger partial charge in [0.2, 0.25) is 5.91 Å². The van der Waals surface area contributed by atoms with Gasteiger partial charge in [-0.2, -0.15) is 0 Å². The average Bonchev–Trinajstić information content (AvgIpc) is 2.38. The molecule has 0 aromatic heterocycles. The third kappa shape index (κ3) is 5.67. The molecule has 22 heavy (non-hydrogen) atoms. The van der Waals surface area contributed by atoms with Crippen LogP contribution in [0.5, 0.6) is 0 Å². The number of nitrogens with zero attached hydrogens (tertiary/aromatic N) is 1. The second-order valence-electron chi connectivity index (χ2n) is 6.30. The lowest BCUT2D eigenvalue weighted by Crippen LogP contribution is -2.54. The summed E-state index contributed by atoms with van der Waals surface area (Å²) in [4.78, 5) is 14.0. The summed E-state index contributed by atoms with van der Waals surface area (Å²) in [5, 5.41) is 3.55. The maximum atomic E-state index is 12.1. The first-order chi connectivity index (χ1) is 9.36. The van der Waals surface area contributed by atoms with Crippen molar-refractivity contribution < 1.29 is 4.79 Å². The van der Waals surface area contributed by atoms with Crippen LogP contribution in [0.2, 0.25) is 0 Å². The van der Waals surface area contributed by atoms with Crippen molar-refractivity contribution in [2.24, 2.45) is 5.73 Å². The fourth-order valence-electron chi connectivity index (χ4n) is 2.60. The first-order valence-corrected chi connectivity index (χ1v) is 7.28. The Labute approximate surface area is 145 Å². The van der Waals surface area contributed by atoms with Gasteiger partial charge in [0, 0.05) is 24.8 Å². The smallest absolute Gasteiger partial charge is 0.242 e. The molecule has 3 N–H and O–H groups in total. The Balaban J connectivity index is 0.00000220. The number of nitrogens with two attached hydrogens (primary N) is 1. The number of carbonyl (C=O) groups is 1. The molecule has 0 radical (unpaired) electrons. The summed E-state index contributed by atoms with van der Waals surface area (Å²) < 4.78 is 0. The molecule has 6 heteroatoms. The number of amides is 1. The van der Waals surface area contributed by atoms with E-state index in [0.717, 1.165) is 31.6 Å². The number of hydrogen-bond donors (Lipinski definition) is 2. The Hall–Kier alpha value is -0.970. The van der Waals surface area contributed by atoms with Gasteiger partial charge in [-0.15, -0.1) is 24.8 Å². The first-order valence-electron chi connectivity index (χ1n) is 7.28. The van der Waals surface area contributed by atoms with Crippen LogP contribution in [0.3, 0.4) is 0 Å². The fourth-order valence-corrected chi connectivity index (χ4v) is 2.60. The number of anilines is 1. The lowest BCUT2D eigenvalue weighted by atomic mass is 10.00. The first kappa shape index (κ1) is 21.0. The molecule has 1 heterocycles. The van der Waals surface area contributed by atoms with E-state index >= 15 is 0 Å². The molecule has 1 amide bonds. The monoisotopic (exact) mass is 347 g/mol. The van der Waals surface area contributed by atoms with Gasteiger partial charge in [0.25, 0.3) is 0 Å². The minimum Gasteiger partial charge on any atom is -0.382 e. The molecule has 1 aromatic carbocycles. The van der Waals surface area contributed by atoms with Crippen molar-refractivity contribution >= 4 is 36.4 Å². The number of carbonyl (C=O) groups excluding carboxylic acids is 1. The molecule has 126 valence electrons. The Kier molecular flexibility index (Phi) is 8.23. The van der Waals surface area contributed by atoms with Crippen LogP contribution in [0.4, 0.5) is 5.69 Å². The molecule has 0 aliphatic carbocycles. The summed E-state index contributed by atoms with van der Waals surface area (Å²) in [5.41, 5.74) is 7.53. The van der Waals surface area contributed by atoms with Crippen LogP contribution < -0.4 is 11.1 Å². The molecule has 1 aliphatic heterocycles. The van der Waals surface area contributed by atoms with Crippen molar-refractivity contribution in [3.8, 4) is 0 Å². The summed E-state index contributed by atoms with van der Waals surface area (Å²) in [7, 11) is 0. The van der Waals surface area contributed by atoms with Crippen LogP contribution in [-0.2, 0) is 4.79 Å². The van der Waals surface area contributed by atoms with Gasteiger partial charge in [0.1, 0.15) is 0 Å². The molecule has 0 saturated carbocycles. The quantitative estimate of drug-likeness (QED) is 0.883. The van der Waals surface area contributed by atoms with Crippen molar-refractivity contribution in [1.29, 1.82) is 0 Å². The van der Waals surface area contributed by atoms with Crippen LogP contribution in [0.15, 0.2) is 24.3 Å². The highest BCUT2D eigenvalue weighted by Crippen LogP contribution is 2.19.